The topological polar surface area (TPSA) is 98.8 Å². The van der Waals surface area contributed by atoms with Gasteiger partial charge >= 0.3 is 0 Å². The smallest absolute Gasteiger partial charge is 0.289 e. The van der Waals surface area contributed by atoms with E-state index in [-0.39, 0.29) is 10.7 Å². The maximum atomic E-state index is 10.6. The van der Waals surface area contributed by atoms with E-state index in [1.165, 1.54) is 18.7 Å². The number of nitrogens with one attached hydrogen (secondary N) is 1. The molecule has 1 aliphatic heterocycles. The summed E-state index contributed by atoms with van der Waals surface area (Å²) in [6, 6.07) is 1.29. The molecular weight excluding hydrogens is 308 g/mol. The van der Waals surface area contributed by atoms with Crippen LogP contribution in [0.3, 0.4) is 0 Å². The van der Waals surface area contributed by atoms with Crippen molar-refractivity contribution in [3.63, 3.8) is 0 Å². The number of aryl methyl sites for hydroxylation is 1. The third-order valence-electron chi connectivity index (χ3n) is 3.61. The molecule has 1 N–H and O–H groups in total. The second-order valence-electron chi connectivity index (χ2n) is 5.10. The van der Waals surface area contributed by atoms with E-state index in [1.54, 1.807) is 0 Å². The van der Waals surface area contributed by atoms with Crippen LogP contribution in [-0.2, 0) is 19.4 Å². The number of anilines is 1. The molecule has 3 rings (SSSR count). The Labute approximate surface area is 131 Å². The summed E-state index contributed by atoms with van der Waals surface area (Å²) in [5.74, 6) is 2.43. The molecule has 0 aliphatic carbocycles. The zero-order valence-electron chi connectivity index (χ0n) is 11.8. The SMILES string of the molecule is O=[N+]([O-])c1cnc(NCCc2nnc3n2CCCC3)c(Cl)c1. The number of aromatic nitrogens is 4. The van der Waals surface area contributed by atoms with Crippen molar-refractivity contribution in [2.45, 2.75) is 32.2 Å². The van der Waals surface area contributed by atoms with Gasteiger partial charge in [0.25, 0.3) is 5.69 Å². The summed E-state index contributed by atoms with van der Waals surface area (Å²) in [5.41, 5.74) is -0.123. The van der Waals surface area contributed by atoms with E-state index in [1.807, 2.05) is 0 Å². The van der Waals surface area contributed by atoms with Gasteiger partial charge in [0.15, 0.2) is 0 Å². The number of hydrogen-bond acceptors (Lipinski definition) is 6. The van der Waals surface area contributed by atoms with Crippen molar-refractivity contribution in [1.82, 2.24) is 19.7 Å². The lowest BCUT2D eigenvalue weighted by molar-refractivity contribution is -0.385. The molecule has 0 saturated carbocycles. The van der Waals surface area contributed by atoms with Crippen LogP contribution in [0.5, 0.6) is 0 Å². The van der Waals surface area contributed by atoms with Crippen molar-refractivity contribution in [2.75, 3.05) is 11.9 Å². The van der Waals surface area contributed by atoms with Crippen molar-refractivity contribution in [2.24, 2.45) is 0 Å². The maximum Gasteiger partial charge on any atom is 0.289 e. The van der Waals surface area contributed by atoms with Gasteiger partial charge in [-0.1, -0.05) is 11.6 Å². The second-order valence-corrected chi connectivity index (χ2v) is 5.51. The predicted octanol–water partition coefficient (Wildman–Crippen LogP) is 2.23. The highest BCUT2D eigenvalue weighted by Gasteiger charge is 2.15. The van der Waals surface area contributed by atoms with Crippen LogP contribution in [0, 0.1) is 10.1 Å². The zero-order valence-corrected chi connectivity index (χ0v) is 12.6. The van der Waals surface area contributed by atoms with Gasteiger partial charge in [-0.05, 0) is 12.8 Å². The average molecular weight is 323 g/mol. The number of rotatable bonds is 5. The van der Waals surface area contributed by atoms with Gasteiger partial charge in [-0.25, -0.2) is 4.98 Å². The van der Waals surface area contributed by atoms with Crippen LogP contribution in [0.15, 0.2) is 12.3 Å². The minimum Gasteiger partial charge on any atom is -0.368 e. The molecule has 0 atom stereocenters. The van der Waals surface area contributed by atoms with Crippen molar-refractivity contribution in [1.29, 1.82) is 0 Å². The fourth-order valence-electron chi connectivity index (χ4n) is 2.50. The molecular formula is C13H15ClN6O2. The van der Waals surface area contributed by atoms with E-state index in [9.17, 15) is 10.1 Å². The number of nitrogens with zero attached hydrogens (tertiary/aromatic N) is 5. The Hall–Kier alpha value is -2.22. The van der Waals surface area contributed by atoms with Crippen LogP contribution < -0.4 is 5.32 Å². The highest BCUT2D eigenvalue weighted by atomic mass is 35.5. The molecule has 1 aliphatic rings. The predicted molar refractivity (Wildman–Crippen MR) is 81.1 cm³/mol. The molecule has 0 spiro atoms. The first-order valence-electron chi connectivity index (χ1n) is 7.10. The van der Waals surface area contributed by atoms with Crippen LogP contribution in [0.25, 0.3) is 0 Å². The van der Waals surface area contributed by atoms with Crippen LogP contribution in [0.4, 0.5) is 11.5 Å². The second kappa shape index (κ2) is 6.27. The fourth-order valence-corrected chi connectivity index (χ4v) is 2.73. The molecule has 22 heavy (non-hydrogen) atoms. The zero-order chi connectivity index (χ0) is 15.5. The van der Waals surface area contributed by atoms with Crippen molar-refractivity contribution < 1.29 is 4.92 Å². The first kappa shape index (κ1) is 14.7. The van der Waals surface area contributed by atoms with Gasteiger partial charge in [0, 0.05) is 32.0 Å². The fraction of sp³-hybridized carbons (Fsp3) is 0.462. The third-order valence-corrected chi connectivity index (χ3v) is 3.90. The van der Waals surface area contributed by atoms with Crippen molar-refractivity contribution in [3.8, 4) is 0 Å². The molecule has 0 radical (unpaired) electrons. The average Bonchev–Trinajstić information content (AvgIpc) is 2.92. The minimum atomic E-state index is -0.523. The van der Waals surface area contributed by atoms with Gasteiger partial charge in [0.2, 0.25) is 0 Å². The van der Waals surface area contributed by atoms with Gasteiger partial charge in [-0.2, -0.15) is 0 Å². The number of nitro groups is 1. The summed E-state index contributed by atoms with van der Waals surface area (Å²) < 4.78 is 2.16. The summed E-state index contributed by atoms with van der Waals surface area (Å²) in [4.78, 5) is 14.1. The van der Waals surface area contributed by atoms with E-state index in [4.69, 9.17) is 11.6 Å². The Morgan fingerprint density at radius 1 is 1.41 bits per heavy atom. The van der Waals surface area contributed by atoms with E-state index in [2.05, 4.69) is 25.1 Å². The van der Waals surface area contributed by atoms with E-state index in [0.29, 0.717) is 18.8 Å². The molecule has 0 fully saturated rings. The lowest BCUT2D eigenvalue weighted by Crippen LogP contribution is -2.16. The Morgan fingerprint density at radius 2 is 2.27 bits per heavy atom. The molecule has 0 aromatic carbocycles. The quantitative estimate of drug-likeness (QED) is 0.669. The summed E-state index contributed by atoms with van der Waals surface area (Å²) in [5, 5.41) is 22.4. The minimum absolute atomic E-state index is 0.123. The molecule has 0 amide bonds. The Kier molecular flexibility index (Phi) is 4.19. The largest absolute Gasteiger partial charge is 0.368 e. The molecule has 3 heterocycles. The molecule has 8 nitrogen and oxygen atoms in total. The van der Waals surface area contributed by atoms with Gasteiger partial charge in [-0.15, -0.1) is 10.2 Å². The summed E-state index contributed by atoms with van der Waals surface area (Å²) in [6.45, 7) is 1.55. The van der Waals surface area contributed by atoms with Gasteiger partial charge in [0.05, 0.1) is 9.95 Å². The normalized spacial score (nSPS) is 13.7. The summed E-state index contributed by atoms with van der Waals surface area (Å²) in [7, 11) is 0. The molecule has 2 aromatic heterocycles. The lowest BCUT2D eigenvalue weighted by Gasteiger charge is -2.14. The molecule has 116 valence electrons. The Morgan fingerprint density at radius 3 is 3.05 bits per heavy atom. The third kappa shape index (κ3) is 3.01. The Balaban J connectivity index is 1.61. The first-order chi connectivity index (χ1) is 10.6. The maximum absolute atomic E-state index is 10.6. The van der Waals surface area contributed by atoms with Crippen LogP contribution in [0.1, 0.15) is 24.5 Å². The summed E-state index contributed by atoms with van der Waals surface area (Å²) in [6.07, 6.45) is 5.19. The van der Waals surface area contributed by atoms with E-state index >= 15 is 0 Å². The van der Waals surface area contributed by atoms with Gasteiger partial charge in [-0.3, -0.25) is 10.1 Å². The van der Waals surface area contributed by atoms with E-state index < -0.39 is 4.92 Å². The number of pyridine rings is 1. The lowest BCUT2D eigenvalue weighted by atomic mass is 10.1. The van der Waals surface area contributed by atoms with Gasteiger partial charge < -0.3 is 9.88 Å². The Bertz CT molecular complexity index is 702. The highest BCUT2D eigenvalue weighted by molar-refractivity contribution is 6.33. The highest BCUT2D eigenvalue weighted by Crippen LogP contribution is 2.23. The molecule has 2 aromatic rings. The standard InChI is InChI=1S/C13H15ClN6O2/c14-10-7-9(20(21)22)8-16-13(10)15-5-4-12-18-17-11-3-1-2-6-19(11)12/h7-8H,1-6H2,(H,15,16). The molecule has 0 bridgehead atoms. The summed E-state index contributed by atoms with van der Waals surface area (Å²) >= 11 is 5.99. The van der Waals surface area contributed by atoms with Crippen LogP contribution >= 0.6 is 11.6 Å². The molecule has 0 unspecified atom stereocenters. The number of fused-ring (bicyclic) bond motifs is 1. The first-order valence-corrected chi connectivity index (χ1v) is 7.47. The van der Waals surface area contributed by atoms with Gasteiger partial charge in [0.1, 0.15) is 23.7 Å². The van der Waals surface area contributed by atoms with Crippen LogP contribution in [0.2, 0.25) is 5.02 Å². The monoisotopic (exact) mass is 322 g/mol. The van der Waals surface area contributed by atoms with Crippen molar-refractivity contribution >= 4 is 23.1 Å². The molecule has 0 saturated heterocycles. The van der Waals surface area contributed by atoms with Crippen LogP contribution in [-0.4, -0.2) is 31.2 Å². The number of hydrogen-bond donors (Lipinski definition) is 1. The number of halogens is 1. The molecule has 9 heteroatoms. The van der Waals surface area contributed by atoms with Crippen molar-refractivity contribution in [3.05, 3.63) is 39.0 Å². The van der Waals surface area contributed by atoms with E-state index in [0.717, 1.165) is 31.0 Å².